The van der Waals surface area contributed by atoms with E-state index in [4.69, 9.17) is 16.2 Å². The predicted octanol–water partition coefficient (Wildman–Crippen LogP) is 1.70. The van der Waals surface area contributed by atoms with Gasteiger partial charge < -0.3 is 21.5 Å². The number of nitrogens with zero attached hydrogens (tertiary/aromatic N) is 3. The first-order valence-corrected chi connectivity index (χ1v) is 6.27. The number of nitroso groups, excluding NO2 is 1. The van der Waals surface area contributed by atoms with Crippen LogP contribution in [0.1, 0.15) is 5.56 Å². The predicted molar refractivity (Wildman–Crippen MR) is 81.5 cm³/mol. The molecule has 0 spiro atoms. The number of nitrogens with one attached hydrogen (secondary N) is 1. The van der Waals surface area contributed by atoms with Crippen molar-refractivity contribution in [1.29, 1.82) is 0 Å². The first-order chi connectivity index (χ1) is 10.1. The lowest BCUT2D eigenvalue weighted by Gasteiger charge is -2.08. The Morgan fingerprint density at radius 2 is 1.81 bits per heavy atom. The summed E-state index contributed by atoms with van der Waals surface area (Å²) in [5, 5.41) is 5.69. The summed E-state index contributed by atoms with van der Waals surface area (Å²) in [5.41, 5.74) is 12.1. The zero-order valence-electron chi connectivity index (χ0n) is 11.5. The summed E-state index contributed by atoms with van der Waals surface area (Å²) in [7, 11) is 1.63. The molecule has 0 radical (unpaired) electrons. The molecule has 0 aliphatic carbocycles. The molecule has 8 nitrogen and oxygen atoms in total. The van der Waals surface area contributed by atoms with Crippen molar-refractivity contribution in [2.45, 2.75) is 6.42 Å². The average molecular weight is 288 g/mol. The Balaban J connectivity index is 1.95. The molecule has 2 aromatic rings. The fraction of sp³-hybridized carbons (Fsp3) is 0.231. The summed E-state index contributed by atoms with van der Waals surface area (Å²) in [6, 6.07) is 7.74. The Labute approximate surface area is 121 Å². The van der Waals surface area contributed by atoms with E-state index in [2.05, 4.69) is 20.5 Å². The number of anilines is 3. The van der Waals surface area contributed by atoms with Gasteiger partial charge in [-0.1, -0.05) is 12.1 Å². The van der Waals surface area contributed by atoms with Gasteiger partial charge in [-0.3, -0.25) is 0 Å². The van der Waals surface area contributed by atoms with E-state index in [0.29, 0.717) is 6.54 Å². The topological polar surface area (TPSA) is 129 Å². The second-order valence-corrected chi connectivity index (χ2v) is 4.28. The Morgan fingerprint density at radius 1 is 1.19 bits per heavy atom. The molecule has 0 aliphatic rings. The highest BCUT2D eigenvalue weighted by Crippen LogP contribution is 2.26. The highest BCUT2D eigenvalue weighted by molar-refractivity contribution is 5.71. The minimum atomic E-state index is -0.129. The van der Waals surface area contributed by atoms with Gasteiger partial charge in [0.25, 0.3) is 0 Å². The molecule has 8 heteroatoms. The zero-order chi connectivity index (χ0) is 15.2. The van der Waals surface area contributed by atoms with Crippen LogP contribution in [0.25, 0.3) is 0 Å². The molecular formula is C13H16N6O2. The quantitative estimate of drug-likeness (QED) is 0.690. The van der Waals surface area contributed by atoms with Gasteiger partial charge in [-0.15, -0.1) is 4.91 Å². The van der Waals surface area contributed by atoms with Crippen molar-refractivity contribution in [3.8, 4) is 5.75 Å². The first kappa shape index (κ1) is 14.5. The third-order valence-electron chi connectivity index (χ3n) is 2.89. The molecule has 5 N–H and O–H groups in total. The van der Waals surface area contributed by atoms with Crippen molar-refractivity contribution in [2.24, 2.45) is 5.18 Å². The lowest BCUT2D eigenvalue weighted by molar-refractivity contribution is 0.414. The third kappa shape index (κ3) is 3.56. The lowest BCUT2D eigenvalue weighted by atomic mass is 10.1. The van der Waals surface area contributed by atoms with Gasteiger partial charge in [0, 0.05) is 6.54 Å². The van der Waals surface area contributed by atoms with Crippen LogP contribution in [0.5, 0.6) is 5.75 Å². The van der Waals surface area contributed by atoms with Gasteiger partial charge in [-0.2, -0.15) is 9.97 Å². The number of aromatic nitrogens is 2. The molecule has 0 saturated carbocycles. The van der Waals surface area contributed by atoms with Crippen molar-refractivity contribution < 1.29 is 4.74 Å². The van der Waals surface area contributed by atoms with Gasteiger partial charge in [0.15, 0.2) is 17.3 Å². The molecule has 0 saturated heterocycles. The van der Waals surface area contributed by atoms with E-state index in [1.807, 2.05) is 24.3 Å². The summed E-state index contributed by atoms with van der Waals surface area (Å²) in [6.07, 6.45) is 0.765. The fourth-order valence-corrected chi connectivity index (χ4v) is 1.77. The minimum absolute atomic E-state index is 0.0375. The van der Waals surface area contributed by atoms with Crippen molar-refractivity contribution in [1.82, 2.24) is 9.97 Å². The number of ether oxygens (including phenoxy) is 1. The Morgan fingerprint density at radius 3 is 2.33 bits per heavy atom. The zero-order valence-corrected chi connectivity index (χ0v) is 11.5. The summed E-state index contributed by atoms with van der Waals surface area (Å²) >= 11 is 0. The van der Waals surface area contributed by atoms with Gasteiger partial charge in [0.2, 0.25) is 5.95 Å². The van der Waals surface area contributed by atoms with Crippen molar-refractivity contribution in [3.05, 3.63) is 34.7 Å². The maximum atomic E-state index is 10.5. The van der Waals surface area contributed by atoms with Crippen LogP contribution in [0.3, 0.4) is 0 Å². The summed E-state index contributed by atoms with van der Waals surface area (Å²) in [4.78, 5) is 18.3. The summed E-state index contributed by atoms with van der Waals surface area (Å²) in [6.45, 7) is 0.596. The van der Waals surface area contributed by atoms with Crippen LogP contribution in [-0.4, -0.2) is 23.6 Å². The van der Waals surface area contributed by atoms with Gasteiger partial charge in [0.05, 0.1) is 7.11 Å². The molecule has 1 heterocycles. The van der Waals surface area contributed by atoms with Crippen molar-refractivity contribution in [3.63, 3.8) is 0 Å². The van der Waals surface area contributed by atoms with Crippen LogP contribution >= 0.6 is 0 Å². The number of methoxy groups -OCH3 is 1. The Kier molecular flexibility index (Phi) is 4.50. The van der Waals surface area contributed by atoms with Gasteiger partial charge in [-0.25, -0.2) is 0 Å². The molecule has 0 bridgehead atoms. The molecule has 0 fully saturated rings. The van der Waals surface area contributed by atoms with Crippen LogP contribution < -0.4 is 21.5 Å². The van der Waals surface area contributed by atoms with Crippen LogP contribution in [0.2, 0.25) is 0 Å². The molecule has 0 atom stereocenters. The van der Waals surface area contributed by atoms with E-state index in [1.165, 1.54) is 0 Å². The largest absolute Gasteiger partial charge is 0.497 e. The molecule has 1 aromatic carbocycles. The molecule has 2 rings (SSSR count). The van der Waals surface area contributed by atoms with Crippen LogP contribution in [0, 0.1) is 4.91 Å². The van der Waals surface area contributed by atoms with Crippen LogP contribution in [-0.2, 0) is 6.42 Å². The second kappa shape index (κ2) is 6.51. The smallest absolute Gasteiger partial charge is 0.226 e. The number of hydrogen-bond acceptors (Lipinski definition) is 8. The van der Waals surface area contributed by atoms with E-state index in [1.54, 1.807) is 7.11 Å². The fourth-order valence-electron chi connectivity index (χ4n) is 1.77. The highest BCUT2D eigenvalue weighted by Gasteiger charge is 2.10. The number of nitrogen functional groups attached to an aromatic ring is 2. The van der Waals surface area contributed by atoms with E-state index >= 15 is 0 Å². The molecule has 21 heavy (non-hydrogen) atoms. The molecule has 0 unspecified atom stereocenters. The Hall–Kier alpha value is -2.90. The van der Waals surface area contributed by atoms with Gasteiger partial charge in [-0.05, 0) is 29.3 Å². The van der Waals surface area contributed by atoms with E-state index in [-0.39, 0.29) is 23.3 Å². The van der Waals surface area contributed by atoms with E-state index < -0.39 is 0 Å². The minimum Gasteiger partial charge on any atom is -0.497 e. The summed E-state index contributed by atoms with van der Waals surface area (Å²) in [5.74, 6) is 1.01. The number of rotatable bonds is 6. The maximum absolute atomic E-state index is 10.5. The first-order valence-electron chi connectivity index (χ1n) is 6.27. The third-order valence-corrected chi connectivity index (χ3v) is 2.89. The monoisotopic (exact) mass is 288 g/mol. The van der Waals surface area contributed by atoms with E-state index in [9.17, 15) is 4.91 Å². The standard InChI is InChI=1S/C13H16N6O2/c1-21-9-4-2-8(3-5-9)6-7-16-13-17-11(14)10(19-20)12(15)18-13/h2-5H,6-7H2,1H3,(H5,14,15,16,17,18). The number of nitrogens with two attached hydrogens (primary N) is 2. The molecule has 0 amide bonds. The average Bonchev–Trinajstić information content (AvgIpc) is 2.48. The molecule has 1 aromatic heterocycles. The van der Waals surface area contributed by atoms with Crippen molar-refractivity contribution in [2.75, 3.05) is 30.4 Å². The lowest BCUT2D eigenvalue weighted by Crippen LogP contribution is -2.10. The van der Waals surface area contributed by atoms with Crippen molar-refractivity contribution >= 4 is 23.3 Å². The summed E-state index contributed by atoms with van der Waals surface area (Å²) < 4.78 is 5.09. The van der Waals surface area contributed by atoms with E-state index in [0.717, 1.165) is 17.7 Å². The second-order valence-electron chi connectivity index (χ2n) is 4.28. The maximum Gasteiger partial charge on any atom is 0.226 e. The SMILES string of the molecule is COc1ccc(CCNc2nc(N)c(N=O)c(N)n2)cc1. The number of benzene rings is 1. The molecular weight excluding hydrogens is 272 g/mol. The normalized spacial score (nSPS) is 10.1. The Bertz CT molecular complexity index is 606. The van der Waals surface area contributed by atoms with Gasteiger partial charge >= 0.3 is 0 Å². The highest BCUT2D eigenvalue weighted by atomic mass is 16.5. The van der Waals surface area contributed by atoms with Crippen LogP contribution in [0.15, 0.2) is 29.4 Å². The van der Waals surface area contributed by atoms with Gasteiger partial charge in [0.1, 0.15) is 5.75 Å². The van der Waals surface area contributed by atoms with Crippen LogP contribution in [0.4, 0.5) is 23.3 Å². The number of hydrogen-bond donors (Lipinski definition) is 3. The molecule has 110 valence electrons. The molecule has 0 aliphatic heterocycles.